The summed E-state index contributed by atoms with van der Waals surface area (Å²) in [5.74, 6) is -1.03. The Labute approximate surface area is 154 Å². The highest BCUT2D eigenvalue weighted by atomic mass is 16.1. The second kappa shape index (κ2) is 8.96. The Balaban J connectivity index is 1.84. The second-order valence-electron chi connectivity index (χ2n) is 6.64. The van der Waals surface area contributed by atoms with Gasteiger partial charge in [0.15, 0.2) is 5.78 Å². The van der Waals surface area contributed by atoms with Crippen LogP contribution in [0, 0.1) is 32.1 Å². The molecular weight excluding hydrogens is 324 g/mol. The van der Waals surface area contributed by atoms with E-state index in [1.54, 1.807) is 0 Å². The van der Waals surface area contributed by atoms with Crippen molar-refractivity contribution >= 4 is 17.4 Å². The molecule has 2 aromatic carbocycles. The summed E-state index contributed by atoms with van der Waals surface area (Å²) in [5, 5.41) is 12.2. The number of nitrogens with one attached hydrogen (secondary N) is 1. The maximum Gasteiger partial charge on any atom is 0.224 e. The molecule has 1 atom stereocenters. The number of nitriles is 1. The lowest BCUT2D eigenvalue weighted by molar-refractivity contribution is -0.119. The van der Waals surface area contributed by atoms with Gasteiger partial charge in [-0.3, -0.25) is 9.59 Å². The van der Waals surface area contributed by atoms with E-state index in [0.717, 1.165) is 16.8 Å². The van der Waals surface area contributed by atoms with Crippen LogP contribution in [0.15, 0.2) is 42.5 Å². The number of benzene rings is 2. The van der Waals surface area contributed by atoms with Gasteiger partial charge in [0.2, 0.25) is 5.91 Å². The number of ketones is 1. The van der Waals surface area contributed by atoms with Crippen LogP contribution in [0.3, 0.4) is 0 Å². The minimum atomic E-state index is -0.765. The fourth-order valence-corrected chi connectivity index (χ4v) is 2.70. The van der Waals surface area contributed by atoms with E-state index in [0.29, 0.717) is 12.0 Å². The first kappa shape index (κ1) is 19.4. The van der Waals surface area contributed by atoms with E-state index < -0.39 is 5.92 Å². The molecule has 134 valence electrons. The molecule has 4 nitrogen and oxygen atoms in total. The first-order valence-electron chi connectivity index (χ1n) is 8.76. The second-order valence-corrected chi connectivity index (χ2v) is 6.64. The predicted octanol–water partition coefficient (Wildman–Crippen LogP) is 4.60. The van der Waals surface area contributed by atoms with Gasteiger partial charge in [-0.15, -0.1) is 0 Å². The lowest BCUT2D eigenvalue weighted by atomic mass is 9.92. The van der Waals surface area contributed by atoms with Gasteiger partial charge < -0.3 is 5.32 Å². The van der Waals surface area contributed by atoms with Crippen molar-refractivity contribution in [2.45, 2.75) is 46.0 Å². The number of hydrogen-bond donors (Lipinski definition) is 1. The Bertz CT molecular complexity index is 832. The van der Waals surface area contributed by atoms with Gasteiger partial charge >= 0.3 is 0 Å². The number of rotatable bonds is 7. The van der Waals surface area contributed by atoms with E-state index >= 15 is 0 Å². The number of carbonyl (C=O) groups is 2. The molecule has 0 spiro atoms. The summed E-state index contributed by atoms with van der Waals surface area (Å²) in [4.78, 5) is 24.4. The standard InChI is InChI=1S/C22H24N2O2/c1-15-7-10-18(11-8-15)20(14-23)21(25)5-4-6-22(26)24-19-12-9-16(2)17(3)13-19/h7-13,20H,4-6H2,1-3H3,(H,24,26)/t20-/m0/s1. The number of hydrogen-bond acceptors (Lipinski definition) is 3. The third-order valence-corrected chi connectivity index (χ3v) is 4.48. The van der Waals surface area contributed by atoms with Gasteiger partial charge in [-0.05, 0) is 56.0 Å². The zero-order chi connectivity index (χ0) is 19.1. The van der Waals surface area contributed by atoms with Crippen molar-refractivity contribution < 1.29 is 9.59 Å². The third kappa shape index (κ3) is 5.29. The SMILES string of the molecule is Cc1ccc([C@H](C#N)C(=O)CCCC(=O)Nc2ccc(C)c(C)c2)cc1. The maximum absolute atomic E-state index is 12.3. The smallest absolute Gasteiger partial charge is 0.224 e. The molecule has 2 aromatic rings. The highest BCUT2D eigenvalue weighted by Gasteiger charge is 2.19. The van der Waals surface area contributed by atoms with E-state index in [1.807, 2.05) is 63.2 Å². The van der Waals surface area contributed by atoms with Crippen molar-refractivity contribution in [3.8, 4) is 6.07 Å². The van der Waals surface area contributed by atoms with Crippen LogP contribution in [0.4, 0.5) is 5.69 Å². The van der Waals surface area contributed by atoms with Crippen molar-refractivity contribution in [1.29, 1.82) is 5.26 Å². The Kier molecular flexibility index (Phi) is 6.68. The summed E-state index contributed by atoms with van der Waals surface area (Å²) in [7, 11) is 0. The van der Waals surface area contributed by atoms with Crippen LogP contribution in [-0.2, 0) is 9.59 Å². The molecule has 0 saturated heterocycles. The van der Waals surface area contributed by atoms with E-state index in [4.69, 9.17) is 0 Å². The molecule has 0 aliphatic heterocycles. The van der Waals surface area contributed by atoms with Crippen molar-refractivity contribution in [1.82, 2.24) is 0 Å². The van der Waals surface area contributed by atoms with Crippen molar-refractivity contribution in [2.75, 3.05) is 5.32 Å². The summed E-state index contributed by atoms with van der Waals surface area (Å²) in [6, 6.07) is 15.3. The monoisotopic (exact) mass is 348 g/mol. The van der Waals surface area contributed by atoms with Crippen LogP contribution in [-0.4, -0.2) is 11.7 Å². The summed E-state index contributed by atoms with van der Waals surface area (Å²) in [5.41, 5.74) is 4.85. The molecule has 4 heteroatoms. The van der Waals surface area contributed by atoms with Gasteiger partial charge in [-0.1, -0.05) is 35.9 Å². The molecule has 0 unspecified atom stereocenters. The number of carbonyl (C=O) groups excluding carboxylic acids is 2. The number of Topliss-reactive ketones (excluding diaryl/α,β-unsaturated/α-hetero) is 1. The molecule has 0 aromatic heterocycles. The summed E-state index contributed by atoms with van der Waals surface area (Å²) in [6.45, 7) is 5.98. The fraction of sp³-hybridized carbons (Fsp3) is 0.318. The molecule has 0 aliphatic carbocycles. The Morgan fingerprint density at radius 1 is 1.00 bits per heavy atom. The highest BCUT2D eigenvalue weighted by Crippen LogP contribution is 2.20. The normalized spacial score (nSPS) is 11.5. The minimum absolute atomic E-state index is 0.120. The number of anilines is 1. The summed E-state index contributed by atoms with van der Waals surface area (Å²) in [6.07, 6.45) is 0.900. The molecule has 1 amide bonds. The van der Waals surface area contributed by atoms with Gasteiger partial charge in [-0.2, -0.15) is 5.26 Å². The zero-order valence-electron chi connectivity index (χ0n) is 15.5. The molecule has 0 radical (unpaired) electrons. The molecule has 0 heterocycles. The van der Waals surface area contributed by atoms with Crippen LogP contribution in [0.5, 0.6) is 0 Å². The van der Waals surface area contributed by atoms with Crippen molar-refractivity contribution in [2.24, 2.45) is 0 Å². The predicted molar refractivity (Wildman–Crippen MR) is 103 cm³/mol. The fourth-order valence-electron chi connectivity index (χ4n) is 2.70. The molecular formula is C22H24N2O2. The van der Waals surface area contributed by atoms with Gasteiger partial charge in [0.05, 0.1) is 6.07 Å². The lowest BCUT2D eigenvalue weighted by Gasteiger charge is -2.10. The zero-order valence-corrected chi connectivity index (χ0v) is 15.5. The average molecular weight is 348 g/mol. The molecule has 2 rings (SSSR count). The summed E-state index contributed by atoms with van der Waals surface area (Å²) >= 11 is 0. The van der Waals surface area contributed by atoms with Crippen LogP contribution in [0.25, 0.3) is 0 Å². The summed E-state index contributed by atoms with van der Waals surface area (Å²) < 4.78 is 0. The number of amides is 1. The molecule has 0 aliphatic rings. The average Bonchev–Trinajstić information content (AvgIpc) is 2.60. The van der Waals surface area contributed by atoms with E-state index in [9.17, 15) is 14.9 Å². The minimum Gasteiger partial charge on any atom is -0.326 e. The van der Waals surface area contributed by atoms with E-state index in [2.05, 4.69) is 11.4 Å². The Morgan fingerprint density at radius 2 is 1.69 bits per heavy atom. The van der Waals surface area contributed by atoms with Crippen molar-refractivity contribution in [3.63, 3.8) is 0 Å². The molecule has 0 saturated carbocycles. The van der Waals surface area contributed by atoms with E-state index in [1.165, 1.54) is 5.56 Å². The Morgan fingerprint density at radius 3 is 2.31 bits per heavy atom. The third-order valence-electron chi connectivity index (χ3n) is 4.48. The molecule has 26 heavy (non-hydrogen) atoms. The first-order chi connectivity index (χ1) is 12.4. The number of aryl methyl sites for hydroxylation is 3. The van der Waals surface area contributed by atoms with Crippen LogP contribution < -0.4 is 5.32 Å². The maximum atomic E-state index is 12.3. The molecule has 1 N–H and O–H groups in total. The molecule has 0 fully saturated rings. The van der Waals surface area contributed by atoms with E-state index in [-0.39, 0.29) is 24.5 Å². The van der Waals surface area contributed by atoms with Crippen LogP contribution >= 0.6 is 0 Å². The van der Waals surface area contributed by atoms with Crippen LogP contribution in [0.1, 0.15) is 47.4 Å². The highest BCUT2D eigenvalue weighted by molar-refractivity contribution is 5.92. The Hall–Kier alpha value is -2.93. The largest absolute Gasteiger partial charge is 0.326 e. The van der Waals surface area contributed by atoms with Gasteiger partial charge in [-0.25, -0.2) is 0 Å². The molecule has 0 bridgehead atoms. The quantitative estimate of drug-likeness (QED) is 0.795. The van der Waals surface area contributed by atoms with Crippen molar-refractivity contribution in [3.05, 3.63) is 64.7 Å². The van der Waals surface area contributed by atoms with Gasteiger partial charge in [0.25, 0.3) is 0 Å². The van der Waals surface area contributed by atoms with Crippen LogP contribution in [0.2, 0.25) is 0 Å². The first-order valence-corrected chi connectivity index (χ1v) is 8.76. The van der Waals surface area contributed by atoms with Gasteiger partial charge in [0, 0.05) is 18.5 Å². The lowest BCUT2D eigenvalue weighted by Crippen LogP contribution is -2.14. The number of nitrogens with zero attached hydrogens (tertiary/aromatic N) is 1. The van der Waals surface area contributed by atoms with Gasteiger partial charge in [0.1, 0.15) is 5.92 Å². The topological polar surface area (TPSA) is 70.0 Å².